The van der Waals surface area contributed by atoms with Crippen molar-refractivity contribution < 1.29 is 27.5 Å². The van der Waals surface area contributed by atoms with Gasteiger partial charge in [-0.1, -0.05) is 6.07 Å². The normalized spacial score (nSPS) is 15.5. The van der Waals surface area contributed by atoms with Gasteiger partial charge in [0, 0.05) is 0 Å². The van der Waals surface area contributed by atoms with E-state index >= 15 is 0 Å². The zero-order valence-electron chi connectivity index (χ0n) is 17.9. The predicted molar refractivity (Wildman–Crippen MR) is 116 cm³/mol. The Morgan fingerprint density at radius 2 is 1.97 bits per heavy atom. The fraction of sp³-hybridized carbons (Fsp3) is 0.318. The molecule has 1 fully saturated rings. The number of esters is 1. The summed E-state index contributed by atoms with van der Waals surface area (Å²) in [6.07, 6.45) is -4.78. The SMILES string of the molecule is CCOC(=O)c1cccc(CN2C(=S)N(c3ccc(C#N)c(C(F)(F)F)c3)C(=O)C2(C)C)n1. The summed E-state index contributed by atoms with van der Waals surface area (Å²) in [5.74, 6) is -1.13. The van der Waals surface area contributed by atoms with Gasteiger partial charge in [-0.15, -0.1) is 0 Å². The molecule has 7 nitrogen and oxygen atoms in total. The molecule has 1 saturated heterocycles. The maximum absolute atomic E-state index is 13.4. The van der Waals surface area contributed by atoms with Gasteiger partial charge in [-0.05, 0) is 63.3 Å². The lowest BCUT2D eigenvalue weighted by Gasteiger charge is -2.29. The number of thiocarbonyl (C=S) groups is 1. The fourth-order valence-electron chi connectivity index (χ4n) is 3.38. The summed E-state index contributed by atoms with van der Waals surface area (Å²) in [5, 5.41) is 9.00. The molecule has 0 bridgehead atoms. The molecule has 2 aromatic rings. The minimum atomic E-state index is -4.78. The Morgan fingerprint density at radius 1 is 1.27 bits per heavy atom. The van der Waals surface area contributed by atoms with Gasteiger partial charge in [-0.25, -0.2) is 9.78 Å². The van der Waals surface area contributed by atoms with Crippen LogP contribution in [0, 0.1) is 11.3 Å². The molecule has 11 heteroatoms. The van der Waals surface area contributed by atoms with Crippen molar-refractivity contribution in [2.45, 2.75) is 39.0 Å². The number of carbonyl (C=O) groups excluding carboxylic acids is 2. The lowest BCUT2D eigenvalue weighted by molar-refractivity contribution is -0.137. The molecule has 3 rings (SSSR count). The molecular formula is C22H19F3N4O3S. The number of anilines is 1. The van der Waals surface area contributed by atoms with E-state index in [1.807, 2.05) is 0 Å². The smallest absolute Gasteiger partial charge is 0.417 e. The first-order chi connectivity index (χ1) is 15.4. The van der Waals surface area contributed by atoms with Gasteiger partial charge in [0.25, 0.3) is 5.91 Å². The van der Waals surface area contributed by atoms with Crippen LogP contribution in [-0.4, -0.2) is 39.0 Å². The molecule has 33 heavy (non-hydrogen) atoms. The first-order valence-corrected chi connectivity index (χ1v) is 10.2. The molecule has 172 valence electrons. The first-order valence-electron chi connectivity index (χ1n) is 9.82. The van der Waals surface area contributed by atoms with Gasteiger partial charge in [0.1, 0.15) is 11.2 Å². The highest BCUT2D eigenvalue weighted by Gasteiger charge is 2.50. The molecule has 0 aliphatic carbocycles. The number of ether oxygens (including phenoxy) is 1. The quantitative estimate of drug-likeness (QED) is 0.475. The Kier molecular flexibility index (Phi) is 6.42. The summed E-state index contributed by atoms with van der Waals surface area (Å²) < 4.78 is 45.2. The lowest BCUT2D eigenvalue weighted by atomic mass is 10.0. The monoisotopic (exact) mass is 476 g/mol. The molecule has 0 unspecified atom stereocenters. The third kappa shape index (κ3) is 4.52. The van der Waals surface area contributed by atoms with Crippen LogP contribution in [0.5, 0.6) is 0 Å². The number of alkyl halides is 3. The average Bonchev–Trinajstić information content (AvgIpc) is 2.92. The number of aromatic nitrogens is 1. The molecule has 0 atom stereocenters. The predicted octanol–water partition coefficient (Wildman–Crippen LogP) is 4.06. The van der Waals surface area contributed by atoms with Gasteiger partial charge in [-0.3, -0.25) is 9.69 Å². The van der Waals surface area contributed by atoms with Gasteiger partial charge in [-0.2, -0.15) is 18.4 Å². The van der Waals surface area contributed by atoms with Crippen LogP contribution in [-0.2, 0) is 22.3 Å². The van der Waals surface area contributed by atoms with Crippen LogP contribution >= 0.6 is 12.2 Å². The molecule has 1 amide bonds. The summed E-state index contributed by atoms with van der Waals surface area (Å²) in [7, 11) is 0. The van der Waals surface area contributed by atoms with Crippen LogP contribution in [0.1, 0.15) is 48.1 Å². The van der Waals surface area contributed by atoms with E-state index in [-0.39, 0.29) is 29.6 Å². The summed E-state index contributed by atoms with van der Waals surface area (Å²) in [6.45, 7) is 5.06. The molecule has 2 heterocycles. The van der Waals surface area contributed by atoms with E-state index in [1.165, 1.54) is 23.1 Å². The van der Waals surface area contributed by atoms with Crippen molar-refractivity contribution in [1.29, 1.82) is 5.26 Å². The molecular weight excluding hydrogens is 457 g/mol. The topological polar surface area (TPSA) is 86.5 Å². The Balaban J connectivity index is 1.97. The number of nitrogens with zero attached hydrogens (tertiary/aromatic N) is 4. The third-order valence-electron chi connectivity index (χ3n) is 5.12. The van der Waals surface area contributed by atoms with Crippen molar-refractivity contribution in [3.63, 3.8) is 0 Å². The van der Waals surface area contributed by atoms with Crippen molar-refractivity contribution in [2.24, 2.45) is 0 Å². The summed E-state index contributed by atoms with van der Waals surface area (Å²) in [6, 6.07) is 9.24. The van der Waals surface area contributed by atoms with Gasteiger partial charge >= 0.3 is 12.1 Å². The van der Waals surface area contributed by atoms with Crippen molar-refractivity contribution in [1.82, 2.24) is 9.88 Å². The molecule has 0 N–H and O–H groups in total. The standard InChI is InChI=1S/C22H19F3N4O3S/c1-4-32-18(30)17-7-5-6-14(27-17)12-28-20(33)29(19(31)21(28,2)3)15-9-8-13(11-26)16(10-15)22(23,24)25/h5-10H,4,12H2,1-3H3. The summed E-state index contributed by atoms with van der Waals surface area (Å²) >= 11 is 5.46. The molecule has 1 aromatic heterocycles. The maximum atomic E-state index is 13.4. The number of halogens is 3. The largest absolute Gasteiger partial charge is 0.461 e. The van der Waals surface area contributed by atoms with Crippen LogP contribution in [0.4, 0.5) is 18.9 Å². The second-order valence-electron chi connectivity index (χ2n) is 7.64. The van der Waals surface area contributed by atoms with Crippen LogP contribution in [0.2, 0.25) is 0 Å². The first kappa shape index (κ1) is 24.1. The van der Waals surface area contributed by atoms with Crippen LogP contribution < -0.4 is 4.90 Å². The van der Waals surface area contributed by atoms with Gasteiger partial charge in [0.2, 0.25) is 0 Å². The van der Waals surface area contributed by atoms with E-state index in [1.54, 1.807) is 32.9 Å². The number of carbonyl (C=O) groups is 2. The molecule has 1 aromatic carbocycles. The zero-order valence-corrected chi connectivity index (χ0v) is 18.8. The van der Waals surface area contributed by atoms with E-state index in [2.05, 4.69) is 4.98 Å². The van der Waals surface area contributed by atoms with E-state index in [0.717, 1.165) is 17.0 Å². The average molecular weight is 476 g/mol. The fourth-order valence-corrected chi connectivity index (χ4v) is 3.86. The van der Waals surface area contributed by atoms with Gasteiger partial charge < -0.3 is 9.64 Å². The molecule has 1 aliphatic rings. The van der Waals surface area contributed by atoms with Crippen molar-refractivity contribution in [3.8, 4) is 6.07 Å². The molecule has 0 radical (unpaired) electrons. The second kappa shape index (κ2) is 8.78. The zero-order chi connectivity index (χ0) is 24.6. The second-order valence-corrected chi connectivity index (χ2v) is 8.01. The number of amides is 1. The highest BCUT2D eigenvalue weighted by atomic mass is 32.1. The van der Waals surface area contributed by atoms with E-state index < -0.39 is 34.7 Å². The van der Waals surface area contributed by atoms with E-state index in [9.17, 15) is 22.8 Å². The van der Waals surface area contributed by atoms with Crippen molar-refractivity contribution in [2.75, 3.05) is 11.5 Å². The minimum absolute atomic E-state index is 0.0221. The molecule has 1 aliphatic heterocycles. The Bertz CT molecular complexity index is 1170. The van der Waals surface area contributed by atoms with Gasteiger partial charge in [0.15, 0.2) is 5.11 Å². The number of hydrogen-bond acceptors (Lipinski definition) is 6. The maximum Gasteiger partial charge on any atom is 0.417 e. The Morgan fingerprint density at radius 3 is 2.58 bits per heavy atom. The number of nitriles is 1. The lowest BCUT2D eigenvalue weighted by Crippen LogP contribution is -2.43. The number of pyridine rings is 1. The molecule has 0 saturated carbocycles. The van der Waals surface area contributed by atoms with Gasteiger partial charge in [0.05, 0.1) is 41.7 Å². The van der Waals surface area contributed by atoms with Crippen LogP contribution in [0.15, 0.2) is 36.4 Å². The van der Waals surface area contributed by atoms with Crippen molar-refractivity contribution in [3.05, 3.63) is 58.9 Å². The van der Waals surface area contributed by atoms with E-state index in [0.29, 0.717) is 5.69 Å². The third-order valence-corrected chi connectivity index (χ3v) is 5.53. The number of benzene rings is 1. The summed E-state index contributed by atoms with van der Waals surface area (Å²) in [5.41, 5.74) is -2.51. The van der Waals surface area contributed by atoms with Crippen LogP contribution in [0.25, 0.3) is 0 Å². The highest BCUT2D eigenvalue weighted by molar-refractivity contribution is 7.80. The highest BCUT2D eigenvalue weighted by Crippen LogP contribution is 2.38. The molecule has 0 spiro atoms. The van der Waals surface area contributed by atoms with Crippen molar-refractivity contribution >= 4 is 34.9 Å². The number of hydrogen-bond donors (Lipinski definition) is 0. The minimum Gasteiger partial charge on any atom is -0.461 e. The van der Waals surface area contributed by atoms with Crippen LogP contribution in [0.3, 0.4) is 0 Å². The Labute approximate surface area is 193 Å². The Hall–Kier alpha value is -3.52. The summed E-state index contributed by atoms with van der Waals surface area (Å²) in [4.78, 5) is 31.9. The van der Waals surface area contributed by atoms with E-state index in [4.69, 9.17) is 22.2 Å². The number of rotatable bonds is 5.